The van der Waals surface area contributed by atoms with E-state index in [1.165, 1.54) is 0 Å². The van der Waals surface area contributed by atoms with E-state index in [2.05, 4.69) is 22.5 Å². The first kappa shape index (κ1) is 20.4. The second kappa shape index (κ2) is 10.3. The van der Waals surface area contributed by atoms with Crippen molar-refractivity contribution in [2.75, 3.05) is 25.0 Å². The number of nitrogens with zero attached hydrogens (tertiary/aromatic N) is 1. The van der Waals surface area contributed by atoms with Gasteiger partial charge in [0.15, 0.2) is 0 Å². The Morgan fingerprint density at radius 3 is 2.42 bits per heavy atom. The van der Waals surface area contributed by atoms with Gasteiger partial charge < -0.3 is 10.6 Å². The largest absolute Gasteiger partial charge is 0.356 e. The second-order valence-electron chi connectivity index (χ2n) is 7.32. The molecule has 0 bridgehead atoms. The Labute approximate surface area is 157 Å². The van der Waals surface area contributed by atoms with E-state index < -0.39 is 0 Å². The van der Waals surface area contributed by atoms with E-state index in [1.54, 1.807) is 0 Å². The Balaban J connectivity index is 1.79. The number of rotatable bonds is 11. The molecule has 0 atom stereocenters. The molecule has 1 aromatic carbocycles. The van der Waals surface area contributed by atoms with Crippen molar-refractivity contribution in [1.29, 1.82) is 0 Å². The van der Waals surface area contributed by atoms with Crippen molar-refractivity contribution >= 4 is 17.5 Å². The summed E-state index contributed by atoms with van der Waals surface area (Å²) in [5, 5.41) is 6.02. The molecule has 1 saturated carbocycles. The van der Waals surface area contributed by atoms with Gasteiger partial charge >= 0.3 is 0 Å². The smallest absolute Gasteiger partial charge is 0.238 e. The number of anilines is 1. The highest BCUT2D eigenvalue weighted by Gasteiger charge is 2.30. The Hall–Kier alpha value is -1.88. The summed E-state index contributed by atoms with van der Waals surface area (Å²) in [7, 11) is 0. The van der Waals surface area contributed by atoms with Gasteiger partial charge in [0.2, 0.25) is 11.8 Å². The summed E-state index contributed by atoms with van der Waals surface area (Å²) in [6, 6.07) is 6.45. The number of hydrogen-bond acceptors (Lipinski definition) is 3. The molecule has 0 aromatic heterocycles. The van der Waals surface area contributed by atoms with Gasteiger partial charge in [-0.3, -0.25) is 14.5 Å². The highest BCUT2D eigenvalue weighted by Crippen LogP contribution is 2.27. The molecule has 0 radical (unpaired) electrons. The lowest BCUT2D eigenvalue weighted by molar-refractivity contribution is -0.122. The molecule has 2 N–H and O–H groups in total. The maximum atomic E-state index is 12.5. The van der Waals surface area contributed by atoms with Gasteiger partial charge in [0.05, 0.1) is 6.54 Å². The molecule has 1 fully saturated rings. The lowest BCUT2D eigenvalue weighted by Crippen LogP contribution is -2.38. The Morgan fingerprint density at radius 2 is 1.81 bits per heavy atom. The van der Waals surface area contributed by atoms with Gasteiger partial charge in [0.25, 0.3) is 0 Å². The molecule has 2 amide bonds. The quantitative estimate of drug-likeness (QED) is 0.595. The highest BCUT2D eigenvalue weighted by atomic mass is 16.2. The molecule has 5 nitrogen and oxygen atoms in total. The minimum Gasteiger partial charge on any atom is -0.356 e. The van der Waals surface area contributed by atoms with Crippen LogP contribution in [0, 0.1) is 13.8 Å². The van der Waals surface area contributed by atoms with Crippen LogP contribution in [0.15, 0.2) is 18.2 Å². The van der Waals surface area contributed by atoms with E-state index in [0.717, 1.165) is 55.5 Å². The predicted octanol–water partition coefficient (Wildman–Crippen LogP) is 3.40. The topological polar surface area (TPSA) is 61.4 Å². The molecule has 0 aliphatic heterocycles. The van der Waals surface area contributed by atoms with E-state index in [1.807, 2.05) is 32.0 Å². The Kier molecular flexibility index (Phi) is 8.10. The minimum atomic E-state index is -0.00217. The SMILES string of the molecule is CCCCCNC(=O)CCN(CC(=O)Nc1c(C)cccc1C)C1CC1. The van der Waals surface area contributed by atoms with Gasteiger partial charge in [-0.05, 0) is 44.2 Å². The Morgan fingerprint density at radius 1 is 1.12 bits per heavy atom. The monoisotopic (exact) mass is 359 g/mol. The average molecular weight is 360 g/mol. The van der Waals surface area contributed by atoms with Crippen LogP contribution in [0.4, 0.5) is 5.69 Å². The lowest BCUT2D eigenvalue weighted by atomic mass is 10.1. The van der Waals surface area contributed by atoms with Gasteiger partial charge in [-0.15, -0.1) is 0 Å². The van der Waals surface area contributed by atoms with Gasteiger partial charge in [0, 0.05) is 31.2 Å². The summed E-state index contributed by atoms with van der Waals surface area (Å²) in [5.74, 6) is 0.0829. The average Bonchev–Trinajstić information content (AvgIpc) is 3.44. The van der Waals surface area contributed by atoms with Gasteiger partial charge in [0.1, 0.15) is 0 Å². The molecule has 0 saturated heterocycles. The molecular weight excluding hydrogens is 326 g/mol. The number of amides is 2. The summed E-state index contributed by atoms with van der Waals surface area (Å²) >= 11 is 0. The second-order valence-corrected chi connectivity index (χ2v) is 7.32. The number of carbonyl (C=O) groups is 2. The molecule has 1 aliphatic carbocycles. The van der Waals surface area contributed by atoms with Crippen LogP contribution in [0.1, 0.15) is 56.6 Å². The van der Waals surface area contributed by atoms with Crippen LogP contribution < -0.4 is 10.6 Å². The fourth-order valence-electron chi connectivity index (χ4n) is 3.14. The van der Waals surface area contributed by atoms with Crippen molar-refractivity contribution in [3.8, 4) is 0 Å². The van der Waals surface area contributed by atoms with E-state index in [4.69, 9.17) is 0 Å². The first-order valence-corrected chi connectivity index (χ1v) is 9.88. The first-order valence-electron chi connectivity index (χ1n) is 9.88. The van der Waals surface area contributed by atoms with E-state index in [9.17, 15) is 9.59 Å². The van der Waals surface area contributed by atoms with E-state index in [-0.39, 0.29) is 11.8 Å². The molecule has 26 heavy (non-hydrogen) atoms. The predicted molar refractivity (Wildman–Crippen MR) is 106 cm³/mol. The molecule has 0 heterocycles. The standard InChI is InChI=1S/C21H33N3O2/c1-4-5-6-13-22-19(25)12-14-24(18-10-11-18)15-20(26)23-21-16(2)8-7-9-17(21)3/h7-9,18H,4-6,10-15H2,1-3H3,(H,22,25)(H,23,26). The van der Waals surface area contributed by atoms with Crippen molar-refractivity contribution in [2.24, 2.45) is 0 Å². The minimum absolute atomic E-state index is 0.00217. The third-order valence-electron chi connectivity index (χ3n) is 4.88. The molecule has 1 aliphatic rings. The molecular formula is C21H33N3O2. The summed E-state index contributed by atoms with van der Waals surface area (Å²) < 4.78 is 0. The highest BCUT2D eigenvalue weighted by molar-refractivity contribution is 5.93. The number of hydrogen-bond donors (Lipinski definition) is 2. The van der Waals surface area contributed by atoms with Crippen molar-refractivity contribution in [3.05, 3.63) is 29.3 Å². The first-order chi connectivity index (χ1) is 12.5. The number of aryl methyl sites for hydroxylation is 2. The van der Waals surface area contributed by atoms with Crippen molar-refractivity contribution in [1.82, 2.24) is 10.2 Å². The van der Waals surface area contributed by atoms with Crippen LogP contribution >= 0.6 is 0 Å². The zero-order valence-corrected chi connectivity index (χ0v) is 16.4. The molecule has 0 unspecified atom stereocenters. The molecule has 2 rings (SSSR count). The van der Waals surface area contributed by atoms with Crippen molar-refractivity contribution < 1.29 is 9.59 Å². The van der Waals surface area contributed by atoms with Crippen LogP contribution in [-0.2, 0) is 9.59 Å². The maximum Gasteiger partial charge on any atom is 0.238 e. The number of para-hydroxylation sites is 1. The third-order valence-corrected chi connectivity index (χ3v) is 4.88. The third kappa shape index (κ3) is 6.79. The Bertz CT molecular complexity index is 591. The van der Waals surface area contributed by atoms with Gasteiger partial charge in [-0.25, -0.2) is 0 Å². The van der Waals surface area contributed by atoms with Crippen LogP contribution in [0.2, 0.25) is 0 Å². The van der Waals surface area contributed by atoms with Crippen LogP contribution in [0.5, 0.6) is 0 Å². The fourth-order valence-corrected chi connectivity index (χ4v) is 3.14. The van der Waals surface area contributed by atoms with Crippen LogP contribution in [0.25, 0.3) is 0 Å². The van der Waals surface area contributed by atoms with Gasteiger partial charge in [-0.1, -0.05) is 38.0 Å². The summed E-state index contributed by atoms with van der Waals surface area (Å²) in [6.45, 7) is 7.91. The summed E-state index contributed by atoms with van der Waals surface area (Å²) in [5.41, 5.74) is 3.05. The van der Waals surface area contributed by atoms with Crippen molar-refractivity contribution in [2.45, 2.75) is 65.3 Å². The van der Waals surface area contributed by atoms with Crippen molar-refractivity contribution in [3.63, 3.8) is 0 Å². The van der Waals surface area contributed by atoms with E-state index >= 15 is 0 Å². The molecule has 1 aromatic rings. The number of unbranched alkanes of at least 4 members (excludes halogenated alkanes) is 2. The van der Waals surface area contributed by atoms with E-state index in [0.29, 0.717) is 25.6 Å². The fraction of sp³-hybridized carbons (Fsp3) is 0.619. The zero-order chi connectivity index (χ0) is 18.9. The molecule has 144 valence electrons. The number of benzene rings is 1. The summed E-state index contributed by atoms with van der Waals surface area (Å²) in [6.07, 6.45) is 6.03. The molecule has 5 heteroatoms. The lowest BCUT2D eigenvalue weighted by Gasteiger charge is -2.22. The molecule has 0 spiro atoms. The number of carbonyl (C=O) groups excluding carboxylic acids is 2. The van der Waals surface area contributed by atoms with Crippen LogP contribution in [0.3, 0.4) is 0 Å². The normalized spacial score (nSPS) is 13.7. The maximum absolute atomic E-state index is 12.5. The summed E-state index contributed by atoms with van der Waals surface area (Å²) in [4.78, 5) is 26.6. The van der Waals surface area contributed by atoms with Crippen LogP contribution in [-0.4, -0.2) is 42.4 Å². The zero-order valence-electron chi connectivity index (χ0n) is 16.4. The van der Waals surface area contributed by atoms with Gasteiger partial charge in [-0.2, -0.15) is 0 Å². The number of nitrogens with one attached hydrogen (secondary N) is 2.